The van der Waals surface area contributed by atoms with Gasteiger partial charge in [-0.3, -0.25) is 10.1 Å². The van der Waals surface area contributed by atoms with Crippen LogP contribution >= 0.6 is 23.2 Å². The number of amides is 2. The summed E-state index contributed by atoms with van der Waals surface area (Å²) in [5.74, 6) is -0.879. The number of anilines is 1. The maximum atomic E-state index is 12.3. The van der Waals surface area contributed by atoms with Crippen LogP contribution in [0.25, 0.3) is 0 Å². The summed E-state index contributed by atoms with van der Waals surface area (Å²) in [6.45, 7) is 0.995. The standard InChI is InChI=1S/C16H16Cl2N4O3/c17-12-2-1-10(13(18)7-12)9-22-14(3-5-19-22)20-16(25)21-6-4-11(8-21)15(23)24/h1-3,5,7,11H,4,6,8-9H2,(H,20,25)(H,23,24). The third kappa shape index (κ3) is 4.05. The van der Waals surface area contributed by atoms with Gasteiger partial charge in [-0.1, -0.05) is 29.3 Å². The smallest absolute Gasteiger partial charge is 0.323 e. The van der Waals surface area contributed by atoms with Crippen LogP contribution in [-0.2, 0) is 11.3 Å². The molecule has 1 aromatic heterocycles. The van der Waals surface area contributed by atoms with E-state index in [9.17, 15) is 9.59 Å². The number of benzene rings is 1. The van der Waals surface area contributed by atoms with Gasteiger partial charge in [-0.25, -0.2) is 9.48 Å². The van der Waals surface area contributed by atoms with Crippen LogP contribution in [0.2, 0.25) is 10.0 Å². The number of nitrogens with zero attached hydrogens (tertiary/aromatic N) is 3. The molecule has 9 heteroatoms. The number of carbonyl (C=O) groups excluding carboxylic acids is 1. The Morgan fingerprint density at radius 2 is 2.12 bits per heavy atom. The number of urea groups is 1. The molecule has 1 atom stereocenters. The van der Waals surface area contributed by atoms with Gasteiger partial charge in [-0.15, -0.1) is 0 Å². The molecule has 1 aliphatic rings. The fourth-order valence-corrected chi connectivity index (χ4v) is 3.18. The molecule has 0 saturated carbocycles. The van der Waals surface area contributed by atoms with Crippen molar-refractivity contribution in [2.24, 2.45) is 5.92 Å². The summed E-state index contributed by atoms with van der Waals surface area (Å²) in [7, 11) is 0. The number of likely N-dealkylation sites (tertiary alicyclic amines) is 1. The van der Waals surface area contributed by atoms with Crippen molar-refractivity contribution in [3.63, 3.8) is 0 Å². The lowest BCUT2D eigenvalue weighted by molar-refractivity contribution is -0.141. The van der Waals surface area contributed by atoms with Gasteiger partial charge in [0, 0.05) is 29.2 Å². The average molecular weight is 383 g/mol. The molecular formula is C16H16Cl2N4O3. The average Bonchev–Trinajstić information content (AvgIpc) is 3.20. The third-order valence-corrected chi connectivity index (χ3v) is 4.70. The molecule has 132 valence electrons. The normalized spacial score (nSPS) is 16.9. The van der Waals surface area contributed by atoms with Gasteiger partial charge in [-0.2, -0.15) is 5.10 Å². The van der Waals surface area contributed by atoms with Gasteiger partial charge < -0.3 is 10.0 Å². The number of halogens is 2. The Bertz CT molecular complexity index is 808. The lowest BCUT2D eigenvalue weighted by Gasteiger charge is -2.17. The fourth-order valence-electron chi connectivity index (χ4n) is 2.71. The Labute approximate surface area is 154 Å². The zero-order valence-electron chi connectivity index (χ0n) is 13.2. The lowest BCUT2D eigenvalue weighted by Crippen LogP contribution is -2.34. The van der Waals surface area contributed by atoms with E-state index in [1.165, 1.54) is 4.90 Å². The Hall–Kier alpha value is -2.25. The molecule has 0 radical (unpaired) electrons. The number of carboxylic acid groups (broad SMARTS) is 1. The van der Waals surface area contributed by atoms with Gasteiger partial charge in [0.1, 0.15) is 5.82 Å². The van der Waals surface area contributed by atoms with Crippen molar-refractivity contribution in [2.45, 2.75) is 13.0 Å². The van der Waals surface area contributed by atoms with E-state index in [1.807, 2.05) is 0 Å². The van der Waals surface area contributed by atoms with Crippen LogP contribution in [0.3, 0.4) is 0 Å². The van der Waals surface area contributed by atoms with Crippen molar-refractivity contribution >= 4 is 41.0 Å². The molecule has 0 spiro atoms. The number of carboxylic acids is 1. The highest BCUT2D eigenvalue weighted by Gasteiger charge is 2.31. The van der Waals surface area contributed by atoms with E-state index in [0.717, 1.165) is 5.56 Å². The second kappa shape index (κ2) is 7.33. The molecule has 1 aliphatic heterocycles. The number of aliphatic carboxylic acids is 1. The molecule has 0 aliphatic carbocycles. The van der Waals surface area contributed by atoms with Crippen LogP contribution in [0, 0.1) is 5.92 Å². The predicted molar refractivity (Wildman–Crippen MR) is 94.1 cm³/mol. The Balaban J connectivity index is 1.68. The van der Waals surface area contributed by atoms with Crippen LogP contribution in [0.1, 0.15) is 12.0 Å². The summed E-state index contributed by atoms with van der Waals surface area (Å²) in [6.07, 6.45) is 2.03. The number of hydrogen-bond acceptors (Lipinski definition) is 3. The van der Waals surface area contributed by atoms with Crippen molar-refractivity contribution < 1.29 is 14.7 Å². The highest BCUT2D eigenvalue weighted by atomic mass is 35.5. The first kappa shape index (κ1) is 17.6. The number of hydrogen-bond donors (Lipinski definition) is 2. The molecule has 25 heavy (non-hydrogen) atoms. The SMILES string of the molecule is O=C(O)C1CCN(C(=O)Nc2ccnn2Cc2ccc(Cl)cc2Cl)C1. The topological polar surface area (TPSA) is 87.5 Å². The molecule has 1 aromatic carbocycles. The van der Waals surface area contributed by atoms with Crippen LogP contribution in [0.4, 0.5) is 10.6 Å². The largest absolute Gasteiger partial charge is 0.481 e. The van der Waals surface area contributed by atoms with Crippen LogP contribution in [-0.4, -0.2) is 44.9 Å². The maximum absolute atomic E-state index is 12.3. The van der Waals surface area contributed by atoms with E-state index < -0.39 is 11.9 Å². The molecule has 3 rings (SSSR count). The summed E-state index contributed by atoms with van der Waals surface area (Å²) >= 11 is 12.1. The van der Waals surface area contributed by atoms with E-state index in [2.05, 4.69) is 10.4 Å². The molecule has 2 aromatic rings. The highest BCUT2D eigenvalue weighted by molar-refractivity contribution is 6.35. The molecule has 7 nitrogen and oxygen atoms in total. The van der Waals surface area contributed by atoms with Crippen LogP contribution in [0.5, 0.6) is 0 Å². The molecule has 2 amide bonds. The van der Waals surface area contributed by atoms with E-state index in [1.54, 1.807) is 35.1 Å². The Kier molecular flexibility index (Phi) is 5.15. The van der Waals surface area contributed by atoms with E-state index in [-0.39, 0.29) is 12.6 Å². The van der Waals surface area contributed by atoms with E-state index in [4.69, 9.17) is 28.3 Å². The summed E-state index contributed by atoms with van der Waals surface area (Å²) in [5, 5.41) is 17.1. The maximum Gasteiger partial charge on any atom is 0.323 e. The fraction of sp³-hybridized carbons (Fsp3) is 0.312. The Morgan fingerprint density at radius 1 is 1.32 bits per heavy atom. The second-order valence-corrected chi connectivity index (χ2v) is 6.65. The zero-order chi connectivity index (χ0) is 18.0. The molecule has 0 bridgehead atoms. The number of rotatable bonds is 4. The van der Waals surface area contributed by atoms with Gasteiger partial charge in [0.15, 0.2) is 0 Å². The van der Waals surface area contributed by atoms with Crippen molar-refractivity contribution in [1.29, 1.82) is 0 Å². The van der Waals surface area contributed by atoms with Crippen LogP contribution in [0.15, 0.2) is 30.5 Å². The number of carbonyl (C=O) groups is 2. The monoisotopic (exact) mass is 382 g/mol. The summed E-state index contributed by atoms with van der Waals surface area (Å²) in [4.78, 5) is 24.8. The third-order valence-electron chi connectivity index (χ3n) is 4.11. The molecule has 1 fully saturated rings. The predicted octanol–water partition coefficient (Wildman–Crippen LogP) is 3.18. The summed E-state index contributed by atoms with van der Waals surface area (Å²) in [5.41, 5.74) is 0.817. The summed E-state index contributed by atoms with van der Waals surface area (Å²) in [6, 6.07) is 6.52. The molecule has 1 unspecified atom stereocenters. The minimum atomic E-state index is -0.877. The van der Waals surface area contributed by atoms with Crippen LogP contribution < -0.4 is 5.32 Å². The molecule has 2 heterocycles. The van der Waals surface area contributed by atoms with E-state index >= 15 is 0 Å². The molecule has 2 N–H and O–H groups in total. The number of nitrogens with one attached hydrogen (secondary N) is 1. The van der Waals surface area contributed by atoms with Gasteiger partial charge in [0.05, 0.1) is 18.7 Å². The first-order valence-corrected chi connectivity index (χ1v) is 8.44. The van der Waals surface area contributed by atoms with Gasteiger partial charge in [0.25, 0.3) is 0 Å². The van der Waals surface area contributed by atoms with Gasteiger partial charge in [-0.05, 0) is 24.1 Å². The highest BCUT2D eigenvalue weighted by Crippen LogP contribution is 2.23. The molecule has 1 saturated heterocycles. The lowest BCUT2D eigenvalue weighted by atomic mass is 10.1. The zero-order valence-corrected chi connectivity index (χ0v) is 14.7. The van der Waals surface area contributed by atoms with Gasteiger partial charge in [0.2, 0.25) is 0 Å². The minimum Gasteiger partial charge on any atom is -0.481 e. The second-order valence-electron chi connectivity index (χ2n) is 5.81. The Morgan fingerprint density at radius 3 is 2.80 bits per heavy atom. The van der Waals surface area contributed by atoms with Crippen molar-refractivity contribution in [3.05, 3.63) is 46.1 Å². The first-order chi connectivity index (χ1) is 11.9. The summed E-state index contributed by atoms with van der Waals surface area (Å²) < 4.78 is 1.61. The van der Waals surface area contributed by atoms with Crippen molar-refractivity contribution in [1.82, 2.24) is 14.7 Å². The van der Waals surface area contributed by atoms with Gasteiger partial charge >= 0.3 is 12.0 Å². The molecular weight excluding hydrogens is 367 g/mol. The van der Waals surface area contributed by atoms with Crippen molar-refractivity contribution in [2.75, 3.05) is 18.4 Å². The minimum absolute atomic E-state index is 0.207. The van der Waals surface area contributed by atoms with E-state index in [0.29, 0.717) is 35.4 Å². The number of aromatic nitrogens is 2. The first-order valence-electron chi connectivity index (χ1n) is 7.68. The van der Waals surface area contributed by atoms with Crippen molar-refractivity contribution in [3.8, 4) is 0 Å². The quantitative estimate of drug-likeness (QED) is 0.849.